The van der Waals surface area contributed by atoms with Gasteiger partial charge >= 0.3 is 0 Å². The van der Waals surface area contributed by atoms with Gasteiger partial charge < -0.3 is 5.32 Å². The van der Waals surface area contributed by atoms with E-state index in [1.54, 1.807) is 0 Å². The highest BCUT2D eigenvalue weighted by Crippen LogP contribution is 2.11. The summed E-state index contributed by atoms with van der Waals surface area (Å²) in [6.07, 6.45) is 6.30. The molecule has 1 aromatic carbocycles. The maximum Gasteiger partial charge on any atom is 0.0340 e. The summed E-state index contributed by atoms with van der Waals surface area (Å²) in [5.41, 5.74) is 2.70. The lowest BCUT2D eigenvalue weighted by atomic mass is 10.1. The minimum absolute atomic E-state index is 1.10. The molecule has 0 heterocycles. The fourth-order valence-corrected chi connectivity index (χ4v) is 1.69. The highest BCUT2D eigenvalue weighted by Gasteiger charge is 1.93. The summed E-state index contributed by atoms with van der Waals surface area (Å²) in [5, 5.41) is 3.45. The zero-order valence-electron chi connectivity index (χ0n) is 10.1. The fraction of sp³-hybridized carbons (Fsp3) is 0.571. The van der Waals surface area contributed by atoms with Crippen molar-refractivity contribution in [2.75, 3.05) is 11.9 Å². The van der Waals surface area contributed by atoms with Crippen LogP contribution < -0.4 is 5.32 Å². The van der Waals surface area contributed by atoms with Crippen LogP contribution in [-0.4, -0.2) is 6.54 Å². The first kappa shape index (κ1) is 12.1. The summed E-state index contributed by atoms with van der Waals surface area (Å²) in [6, 6.07) is 8.84. The number of rotatable bonds is 7. The second-order valence-corrected chi connectivity index (χ2v) is 4.08. The molecule has 0 unspecified atom stereocenters. The van der Waals surface area contributed by atoms with Gasteiger partial charge in [0.15, 0.2) is 0 Å². The summed E-state index contributed by atoms with van der Waals surface area (Å²) in [4.78, 5) is 0. The molecule has 0 atom stereocenters. The van der Waals surface area contributed by atoms with Gasteiger partial charge in [0, 0.05) is 12.2 Å². The van der Waals surface area contributed by atoms with E-state index in [1.807, 2.05) is 0 Å². The predicted molar refractivity (Wildman–Crippen MR) is 68.5 cm³/mol. The van der Waals surface area contributed by atoms with Gasteiger partial charge in [0.25, 0.3) is 0 Å². The summed E-state index contributed by atoms with van der Waals surface area (Å²) >= 11 is 0. The number of nitrogens with one attached hydrogen (secondary N) is 1. The van der Waals surface area contributed by atoms with Gasteiger partial charge in [0.05, 0.1) is 0 Å². The maximum atomic E-state index is 3.45. The minimum atomic E-state index is 1.10. The van der Waals surface area contributed by atoms with Gasteiger partial charge in [-0.1, -0.05) is 45.2 Å². The molecule has 1 N–H and O–H groups in total. The van der Waals surface area contributed by atoms with E-state index in [1.165, 1.54) is 43.4 Å². The maximum absolute atomic E-state index is 3.45. The van der Waals surface area contributed by atoms with Crippen molar-refractivity contribution in [1.29, 1.82) is 0 Å². The van der Waals surface area contributed by atoms with Crippen LogP contribution in [0.4, 0.5) is 5.69 Å². The monoisotopic (exact) mass is 205 g/mol. The Morgan fingerprint density at radius 3 is 2.27 bits per heavy atom. The summed E-state index contributed by atoms with van der Waals surface area (Å²) in [7, 11) is 0. The van der Waals surface area contributed by atoms with Crippen molar-refractivity contribution < 1.29 is 0 Å². The van der Waals surface area contributed by atoms with Crippen LogP contribution in [0.25, 0.3) is 0 Å². The largest absolute Gasteiger partial charge is 0.385 e. The zero-order chi connectivity index (χ0) is 10.9. The number of hydrogen-bond acceptors (Lipinski definition) is 1. The standard InChI is InChI=1S/C14H23N/c1-3-5-6-12-15-14-10-8-13(7-4-2)9-11-14/h8-11,15H,3-7,12H2,1-2H3. The van der Waals surface area contributed by atoms with E-state index < -0.39 is 0 Å². The van der Waals surface area contributed by atoms with Crippen LogP contribution in [-0.2, 0) is 6.42 Å². The Morgan fingerprint density at radius 1 is 0.933 bits per heavy atom. The zero-order valence-corrected chi connectivity index (χ0v) is 10.1. The Kier molecular flexibility index (Phi) is 5.91. The Hall–Kier alpha value is -0.980. The fourth-order valence-electron chi connectivity index (χ4n) is 1.69. The molecule has 0 aromatic heterocycles. The van der Waals surface area contributed by atoms with Gasteiger partial charge in [-0.05, 0) is 30.5 Å². The molecule has 15 heavy (non-hydrogen) atoms. The predicted octanol–water partition coefficient (Wildman–Crippen LogP) is 4.24. The SMILES string of the molecule is CCCCCNc1ccc(CCC)cc1. The van der Waals surface area contributed by atoms with Crippen LogP contribution in [0.2, 0.25) is 0 Å². The minimum Gasteiger partial charge on any atom is -0.385 e. The lowest BCUT2D eigenvalue weighted by molar-refractivity contribution is 0.744. The molecule has 0 saturated carbocycles. The van der Waals surface area contributed by atoms with Crippen LogP contribution in [0.5, 0.6) is 0 Å². The molecule has 0 aliphatic rings. The van der Waals surface area contributed by atoms with Crippen molar-refractivity contribution in [1.82, 2.24) is 0 Å². The third-order valence-corrected chi connectivity index (χ3v) is 2.60. The summed E-state index contributed by atoms with van der Waals surface area (Å²) < 4.78 is 0. The van der Waals surface area contributed by atoms with Crippen molar-refractivity contribution in [3.63, 3.8) is 0 Å². The second kappa shape index (κ2) is 7.33. The Balaban J connectivity index is 2.29. The van der Waals surface area contributed by atoms with Crippen molar-refractivity contribution in [3.8, 4) is 0 Å². The van der Waals surface area contributed by atoms with Crippen molar-refractivity contribution in [2.45, 2.75) is 46.0 Å². The van der Waals surface area contributed by atoms with Gasteiger partial charge in [0.2, 0.25) is 0 Å². The second-order valence-electron chi connectivity index (χ2n) is 4.08. The van der Waals surface area contributed by atoms with Crippen LogP contribution >= 0.6 is 0 Å². The number of hydrogen-bond donors (Lipinski definition) is 1. The smallest absolute Gasteiger partial charge is 0.0340 e. The molecular formula is C14H23N. The van der Waals surface area contributed by atoms with E-state index in [0.717, 1.165) is 6.54 Å². The van der Waals surface area contributed by atoms with Crippen LogP contribution in [0, 0.1) is 0 Å². The van der Waals surface area contributed by atoms with Crippen molar-refractivity contribution in [3.05, 3.63) is 29.8 Å². The summed E-state index contributed by atoms with van der Waals surface area (Å²) in [6.45, 7) is 5.55. The molecule has 0 spiro atoms. The molecule has 1 rings (SSSR count). The average molecular weight is 205 g/mol. The lowest BCUT2D eigenvalue weighted by Gasteiger charge is -2.06. The van der Waals surface area contributed by atoms with E-state index in [-0.39, 0.29) is 0 Å². The molecule has 0 aliphatic carbocycles. The van der Waals surface area contributed by atoms with E-state index in [4.69, 9.17) is 0 Å². The first-order chi connectivity index (χ1) is 7.36. The number of unbranched alkanes of at least 4 members (excludes halogenated alkanes) is 2. The van der Waals surface area contributed by atoms with Crippen molar-refractivity contribution >= 4 is 5.69 Å². The molecule has 84 valence electrons. The van der Waals surface area contributed by atoms with Crippen LogP contribution in [0.3, 0.4) is 0 Å². The quantitative estimate of drug-likeness (QED) is 0.656. The number of aryl methyl sites for hydroxylation is 1. The normalized spacial score (nSPS) is 10.3. The molecule has 0 bridgehead atoms. The van der Waals surface area contributed by atoms with Crippen molar-refractivity contribution in [2.24, 2.45) is 0 Å². The molecule has 1 nitrogen and oxygen atoms in total. The number of anilines is 1. The third-order valence-electron chi connectivity index (χ3n) is 2.60. The molecule has 1 aromatic rings. The van der Waals surface area contributed by atoms with Crippen LogP contribution in [0.15, 0.2) is 24.3 Å². The van der Waals surface area contributed by atoms with E-state index in [2.05, 4.69) is 43.4 Å². The summed E-state index contributed by atoms with van der Waals surface area (Å²) in [5.74, 6) is 0. The molecule has 0 aliphatic heterocycles. The Labute approximate surface area is 93.9 Å². The average Bonchev–Trinajstić information content (AvgIpc) is 2.27. The highest BCUT2D eigenvalue weighted by atomic mass is 14.9. The molecule has 0 amide bonds. The van der Waals surface area contributed by atoms with Gasteiger partial charge in [-0.15, -0.1) is 0 Å². The lowest BCUT2D eigenvalue weighted by Crippen LogP contribution is -2.00. The molecule has 1 heteroatoms. The Bertz CT molecular complexity index is 251. The van der Waals surface area contributed by atoms with Gasteiger partial charge in [0.1, 0.15) is 0 Å². The van der Waals surface area contributed by atoms with E-state index >= 15 is 0 Å². The molecule has 0 fully saturated rings. The van der Waals surface area contributed by atoms with Gasteiger partial charge in [-0.3, -0.25) is 0 Å². The highest BCUT2D eigenvalue weighted by molar-refractivity contribution is 5.44. The first-order valence-corrected chi connectivity index (χ1v) is 6.19. The Morgan fingerprint density at radius 2 is 1.67 bits per heavy atom. The van der Waals surface area contributed by atoms with Gasteiger partial charge in [-0.25, -0.2) is 0 Å². The molecule has 0 radical (unpaired) electrons. The molecular weight excluding hydrogens is 182 g/mol. The topological polar surface area (TPSA) is 12.0 Å². The van der Waals surface area contributed by atoms with E-state index in [0.29, 0.717) is 0 Å². The van der Waals surface area contributed by atoms with Crippen LogP contribution in [0.1, 0.15) is 45.1 Å². The number of benzene rings is 1. The van der Waals surface area contributed by atoms with Gasteiger partial charge in [-0.2, -0.15) is 0 Å². The first-order valence-electron chi connectivity index (χ1n) is 6.19. The van der Waals surface area contributed by atoms with E-state index in [9.17, 15) is 0 Å². The third kappa shape index (κ3) is 4.87. The molecule has 0 saturated heterocycles.